The van der Waals surface area contributed by atoms with Gasteiger partial charge in [-0.15, -0.1) is 15.7 Å². The summed E-state index contributed by atoms with van der Waals surface area (Å²) in [4.78, 5) is 79.1. The highest BCUT2D eigenvalue weighted by Gasteiger charge is 2.35. The number of hydroxylamine groups is 1. The maximum atomic E-state index is 13.5. The third kappa shape index (κ3) is 12.8. The molecule has 2 aliphatic heterocycles. The first-order chi connectivity index (χ1) is 40.5. The molecule has 2 aromatic heterocycles. The molecule has 2 aliphatic rings. The van der Waals surface area contributed by atoms with Gasteiger partial charge in [0.2, 0.25) is 0 Å². The summed E-state index contributed by atoms with van der Waals surface area (Å²) in [6, 6.07) is 32.3. The van der Waals surface area contributed by atoms with Gasteiger partial charge >= 0.3 is 18.0 Å². The molecule has 0 spiro atoms. The van der Waals surface area contributed by atoms with Crippen molar-refractivity contribution in [2.24, 2.45) is 17.7 Å². The van der Waals surface area contributed by atoms with E-state index in [1.54, 1.807) is 27.7 Å². The molecule has 85 heavy (non-hydrogen) atoms. The number of nitrogens with zero attached hydrogens (tertiary/aromatic N) is 8. The summed E-state index contributed by atoms with van der Waals surface area (Å²) in [5, 5.41) is 17.4. The first-order valence-electron chi connectivity index (χ1n) is 29.2. The van der Waals surface area contributed by atoms with Crippen LogP contribution in [0, 0.1) is 53.4 Å². The molecule has 8 aromatic rings. The Hall–Kier alpha value is -8.77. The molecule has 0 saturated carbocycles. The minimum absolute atomic E-state index is 0.00109. The van der Waals surface area contributed by atoms with Gasteiger partial charge in [-0.25, -0.2) is 19.0 Å². The van der Waals surface area contributed by atoms with Gasteiger partial charge in [0, 0.05) is 62.2 Å². The lowest BCUT2D eigenvalue weighted by Gasteiger charge is -2.31. The topological polar surface area (TPSA) is 219 Å². The molecule has 10 rings (SSSR count). The van der Waals surface area contributed by atoms with E-state index < -0.39 is 41.4 Å². The number of nitrogens with one attached hydrogen (secondary N) is 1. The van der Waals surface area contributed by atoms with Gasteiger partial charge in [-0.05, 0) is 203 Å². The monoisotopic (exact) mass is 1150 g/mol. The van der Waals surface area contributed by atoms with E-state index in [1.165, 1.54) is 16.7 Å². The third-order valence-corrected chi connectivity index (χ3v) is 17.0. The number of carbonyl (C=O) groups is 5. The van der Waals surface area contributed by atoms with Crippen molar-refractivity contribution < 1.29 is 38.4 Å². The molecule has 0 bridgehead atoms. The Morgan fingerprint density at radius 3 is 1.40 bits per heavy atom. The molecule has 0 saturated heterocycles. The molecule has 3 amide bonds. The van der Waals surface area contributed by atoms with Gasteiger partial charge in [0.15, 0.2) is 0 Å². The summed E-state index contributed by atoms with van der Waals surface area (Å²) in [6.45, 7) is 28.6. The van der Waals surface area contributed by atoms with Crippen LogP contribution in [0.5, 0.6) is 0 Å². The standard InChI is InChI=1S/C36H43N5O5.C31H35N5O3/c1-9-41-30-15-14-29(23(4)32(30)37-39-41)31(24(5)34(43)46-38-35(44)45-36(6,7)8)26-13-12-25-16-17-40(20-28(25)19-26)33(42)27-11-10-21(2)22(3)18-27;1-6-36-27-12-11-26(20(4)29(27)33-34-36)28(21(5)31(38)39-32)23-10-9-22-13-14-35(17-25(22)16-23)30(37)24-8-7-18(2)19(3)15-24/h10-15,18-19,24,31H,9,16-17,20H2,1-8H3,(H,38,44);7-12,15-16,21,28H,6,13-14,17,32H2,1-5H3/t24-,31-;21-,28-/m00/s1. The summed E-state index contributed by atoms with van der Waals surface area (Å²) in [5.74, 6) is 2.27. The number of benzene rings is 6. The van der Waals surface area contributed by atoms with Crippen LogP contribution in [0.2, 0.25) is 0 Å². The van der Waals surface area contributed by atoms with Crippen LogP contribution in [0.1, 0.15) is 159 Å². The van der Waals surface area contributed by atoms with Gasteiger partial charge in [0.05, 0.1) is 22.9 Å². The number of amides is 3. The summed E-state index contributed by atoms with van der Waals surface area (Å²) in [7, 11) is 0. The normalized spacial score (nSPS) is 14.5. The third-order valence-electron chi connectivity index (χ3n) is 17.0. The summed E-state index contributed by atoms with van der Waals surface area (Å²) in [5.41, 5.74) is 20.9. The largest absolute Gasteiger partial charge is 0.442 e. The Morgan fingerprint density at radius 2 is 1.00 bits per heavy atom. The number of aryl methyl sites for hydroxylation is 8. The Balaban J connectivity index is 0.000000206. The summed E-state index contributed by atoms with van der Waals surface area (Å²) in [6.07, 6.45) is 0.669. The molecule has 0 aliphatic carbocycles. The lowest BCUT2D eigenvalue weighted by molar-refractivity contribution is -0.155. The zero-order chi connectivity index (χ0) is 61.2. The minimum atomic E-state index is -0.847. The molecule has 3 N–H and O–H groups in total. The van der Waals surface area contributed by atoms with E-state index in [0.29, 0.717) is 43.9 Å². The van der Waals surface area contributed by atoms with E-state index in [-0.39, 0.29) is 17.7 Å². The van der Waals surface area contributed by atoms with E-state index in [4.69, 9.17) is 15.5 Å². The predicted molar refractivity (Wildman–Crippen MR) is 325 cm³/mol. The maximum Gasteiger partial charge on any atom is 0.441 e. The van der Waals surface area contributed by atoms with Crippen LogP contribution in [0.4, 0.5) is 4.79 Å². The molecule has 6 aromatic carbocycles. The zero-order valence-corrected chi connectivity index (χ0v) is 51.1. The molecule has 18 heteroatoms. The fourth-order valence-corrected chi connectivity index (χ4v) is 11.8. The van der Waals surface area contributed by atoms with Crippen molar-refractivity contribution in [1.29, 1.82) is 0 Å². The smallest absolute Gasteiger partial charge is 0.441 e. The predicted octanol–water partition coefficient (Wildman–Crippen LogP) is 11.1. The van der Waals surface area contributed by atoms with Gasteiger partial charge in [-0.2, -0.15) is 5.90 Å². The van der Waals surface area contributed by atoms with Crippen molar-refractivity contribution in [3.05, 3.63) is 186 Å². The second-order valence-corrected chi connectivity index (χ2v) is 23.7. The van der Waals surface area contributed by atoms with Crippen LogP contribution >= 0.6 is 0 Å². The van der Waals surface area contributed by atoms with Crippen molar-refractivity contribution >= 4 is 51.9 Å². The van der Waals surface area contributed by atoms with E-state index >= 15 is 0 Å². The zero-order valence-electron chi connectivity index (χ0n) is 51.1. The fraction of sp³-hybridized carbons (Fsp3) is 0.388. The molecule has 0 fully saturated rings. The van der Waals surface area contributed by atoms with Crippen molar-refractivity contribution in [3.63, 3.8) is 0 Å². The van der Waals surface area contributed by atoms with Gasteiger partial charge in [-0.3, -0.25) is 14.4 Å². The molecule has 4 heterocycles. The van der Waals surface area contributed by atoms with Gasteiger partial charge in [0.25, 0.3) is 11.8 Å². The van der Waals surface area contributed by atoms with E-state index in [1.807, 2.05) is 148 Å². The number of aromatic nitrogens is 6. The lowest BCUT2D eigenvalue weighted by Crippen LogP contribution is -2.37. The van der Waals surface area contributed by atoms with Gasteiger partial charge in [-0.1, -0.05) is 84.9 Å². The fourth-order valence-electron chi connectivity index (χ4n) is 11.8. The number of nitrogens with two attached hydrogens (primary N) is 1. The number of hydrogen-bond donors (Lipinski definition) is 2. The van der Waals surface area contributed by atoms with Crippen LogP contribution in [0.15, 0.2) is 97.1 Å². The lowest BCUT2D eigenvalue weighted by atomic mass is 9.78. The number of rotatable bonds is 12. The summed E-state index contributed by atoms with van der Waals surface area (Å²) >= 11 is 0. The Morgan fingerprint density at radius 1 is 0.565 bits per heavy atom. The van der Waals surface area contributed by atoms with Crippen LogP contribution in [0.3, 0.4) is 0 Å². The van der Waals surface area contributed by atoms with Gasteiger partial charge in [0.1, 0.15) is 16.6 Å². The number of ether oxygens (including phenoxy) is 1. The van der Waals surface area contributed by atoms with Gasteiger partial charge < -0.3 is 24.2 Å². The average molecular weight is 1150 g/mol. The highest BCUT2D eigenvalue weighted by molar-refractivity contribution is 5.95. The number of fused-ring (bicyclic) bond motifs is 4. The van der Waals surface area contributed by atoms with Crippen LogP contribution in [-0.4, -0.2) is 88.3 Å². The number of hydrogen-bond acceptors (Lipinski definition) is 13. The van der Waals surface area contributed by atoms with Crippen LogP contribution in [-0.2, 0) is 63.0 Å². The molecular weight excluding hydrogens is 1070 g/mol. The van der Waals surface area contributed by atoms with E-state index in [2.05, 4.69) is 61.3 Å². The maximum absolute atomic E-state index is 13.5. The highest BCUT2D eigenvalue weighted by Crippen LogP contribution is 2.40. The SMILES string of the molecule is CCn1nnc2c(C)c([C@H](c3ccc4c(c3)CN(C(=O)c3ccc(C)c(C)c3)CC4)[C@H](C)C(=O)ON)ccc21.CCn1nnc2c(C)c([C@H](c3ccc4c(c3)CN(C(=O)c3ccc(C)c(C)c3)CC4)[C@H](C)C(=O)ONC(=O)OC(C)(C)C)ccc21. The van der Waals surface area contributed by atoms with Crippen LogP contribution < -0.4 is 11.4 Å². The van der Waals surface area contributed by atoms with Crippen molar-refractivity contribution in [3.8, 4) is 0 Å². The minimum Gasteiger partial charge on any atom is -0.442 e. The first-order valence-corrected chi connectivity index (χ1v) is 29.2. The summed E-state index contributed by atoms with van der Waals surface area (Å²) < 4.78 is 8.93. The Labute approximate surface area is 496 Å². The van der Waals surface area contributed by atoms with Crippen molar-refractivity contribution in [2.45, 2.75) is 146 Å². The first kappa shape index (κ1) is 60.8. The molecule has 4 atom stereocenters. The van der Waals surface area contributed by atoms with Crippen molar-refractivity contribution in [2.75, 3.05) is 13.1 Å². The second kappa shape index (κ2) is 25.2. The van der Waals surface area contributed by atoms with Crippen LogP contribution in [0.25, 0.3) is 22.1 Å². The molecular formula is C67H78N10O8. The Bertz CT molecular complexity index is 3880. The number of carbonyl (C=O) groups excluding carboxylic acids is 5. The average Bonchev–Trinajstić information content (AvgIpc) is 2.96. The highest BCUT2D eigenvalue weighted by atomic mass is 16.7. The molecule has 0 radical (unpaired) electrons. The Kier molecular flexibility index (Phi) is 18.0. The van der Waals surface area contributed by atoms with E-state index in [0.717, 1.165) is 103 Å². The molecule has 18 nitrogen and oxygen atoms in total. The second-order valence-electron chi connectivity index (χ2n) is 23.7. The molecule has 0 unspecified atom stereocenters. The quantitative estimate of drug-likeness (QED) is 0.109. The van der Waals surface area contributed by atoms with Crippen molar-refractivity contribution in [1.82, 2.24) is 45.3 Å². The van der Waals surface area contributed by atoms with E-state index in [9.17, 15) is 24.0 Å². The molecule has 444 valence electrons.